The van der Waals surface area contributed by atoms with E-state index in [2.05, 4.69) is 27.6 Å². The Kier molecular flexibility index (Phi) is 3.80. The number of hydrogen-bond donors (Lipinski definition) is 3. The molecule has 7 heteroatoms. The molecule has 3 rings (SSSR count). The molecule has 5 nitrogen and oxygen atoms in total. The molecule has 0 amide bonds. The highest BCUT2D eigenvalue weighted by atomic mass is 79.9. The standard InChI is InChI=1S/C16H16BrNO4S/c1-16(6-7-16)10-2-4-13(19)12(8-10)18-23(21,22)15-9-11(17)3-5-14(15)20/h2-5,8-9,18-20H,6-7H2,1H3. The van der Waals surface area contributed by atoms with Gasteiger partial charge in [0, 0.05) is 4.47 Å². The Hall–Kier alpha value is -1.73. The van der Waals surface area contributed by atoms with Crippen LogP contribution in [0, 0.1) is 0 Å². The summed E-state index contributed by atoms with van der Waals surface area (Å²) in [6.07, 6.45) is 2.08. The van der Waals surface area contributed by atoms with Gasteiger partial charge in [0.25, 0.3) is 10.0 Å². The van der Waals surface area contributed by atoms with Crippen LogP contribution < -0.4 is 4.72 Å². The van der Waals surface area contributed by atoms with E-state index in [9.17, 15) is 18.6 Å². The minimum absolute atomic E-state index is 0.0474. The zero-order valence-corrected chi connectivity index (χ0v) is 14.8. The largest absolute Gasteiger partial charge is 0.507 e. The molecule has 2 aromatic rings. The van der Waals surface area contributed by atoms with Gasteiger partial charge >= 0.3 is 0 Å². The molecular formula is C16H16BrNO4S. The summed E-state index contributed by atoms with van der Waals surface area (Å²) in [5.74, 6) is -0.512. The fourth-order valence-electron chi connectivity index (χ4n) is 2.37. The maximum atomic E-state index is 12.5. The molecule has 1 aliphatic rings. The van der Waals surface area contributed by atoms with Crippen LogP contribution in [0.15, 0.2) is 45.8 Å². The molecule has 23 heavy (non-hydrogen) atoms. The molecule has 0 bridgehead atoms. The summed E-state index contributed by atoms with van der Waals surface area (Å²) in [5.41, 5.74) is 1.13. The number of halogens is 1. The first kappa shape index (κ1) is 16.1. The monoisotopic (exact) mass is 397 g/mol. The van der Waals surface area contributed by atoms with Gasteiger partial charge in [-0.15, -0.1) is 0 Å². The van der Waals surface area contributed by atoms with Crippen LogP contribution in [0.2, 0.25) is 0 Å². The molecule has 1 aliphatic carbocycles. The zero-order chi connectivity index (χ0) is 16.8. The van der Waals surface area contributed by atoms with Crippen molar-refractivity contribution in [3.8, 4) is 11.5 Å². The molecule has 0 saturated heterocycles. The van der Waals surface area contributed by atoms with Crippen molar-refractivity contribution in [1.82, 2.24) is 0 Å². The second-order valence-electron chi connectivity index (χ2n) is 6.01. The average Bonchev–Trinajstić information content (AvgIpc) is 3.22. The summed E-state index contributed by atoms with van der Waals surface area (Å²) >= 11 is 3.18. The van der Waals surface area contributed by atoms with Crippen molar-refractivity contribution in [2.75, 3.05) is 4.72 Å². The number of nitrogens with one attached hydrogen (secondary N) is 1. The molecular weight excluding hydrogens is 382 g/mol. The van der Waals surface area contributed by atoms with E-state index in [-0.39, 0.29) is 27.5 Å². The fraction of sp³-hybridized carbons (Fsp3) is 0.250. The lowest BCUT2D eigenvalue weighted by Gasteiger charge is -2.15. The number of phenols is 2. The summed E-state index contributed by atoms with van der Waals surface area (Å²) < 4.78 is 27.9. The van der Waals surface area contributed by atoms with Gasteiger partial charge in [-0.1, -0.05) is 28.9 Å². The first-order chi connectivity index (χ1) is 10.7. The van der Waals surface area contributed by atoms with Crippen LogP contribution in [0.25, 0.3) is 0 Å². The van der Waals surface area contributed by atoms with Gasteiger partial charge in [-0.05, 0) is 54.2 Å². The van der Waals surface area contributed by atoms with Gasteiger partial charge in [0.1, 0.15) is 16.4 Å². The number of phenolic OH excluding ortho intramolecular Hbond substituents is 2. The smallest absolute Gasteiger partial charge is 0.265 e. The fourth-order valence-corrected chi connectivity index (χ4v) is 4.07. The van der Waals surface area contributed by atoms with E-state index in [1.807, 2.05) is 0 Å². The van der Waals surface area contributed by atoms with Gasteiger partial charge in [-0.2, -0.15) is 0 Å². The lowest BCUT2D eigenvalue weighted by atomic mass is 9.98. The predicted molar refractivity (Wildman–Crippen MR) is 91.3 cm³/mol. The van der Waals surface area contributed by atoms with Crippen molar-refractivity contribution >= 4 is 31.6 Å². The third-order valence-electron chi connectivity index (χ3n) is 4.15. The quantitative estimate of drug-likeness (QED) is 0.686. The SMILES string of the molecule is CC1(c2ccc(O)c(NS(=O)(=O)c3cc(Br)ccc3O)c2)CC1. The average molecular weight is 398 g/mol. The van der Waals surface area contributed by atoms with Crippen LogP contribution in [0.4, 0.5) is 5.69 Å². The number of benzene rings is 2. The highest BCUT2D eigenvalue weighted by Crippen LogP contribution is 2.49. The van der Waals surface area contributed by atoms with Crippen molar-refractivity contribution in [3.05, 3.63) is 46.4 Å². The van der Waals surface area contributed by atoms with E-state index >= 15 is 0 Å². The Morgan fingerprint density at radius 2 is 1.74 bits per heavy atom. The number of anilines is 1. The summed E-state index contributed by atoms with van der Waals surface area (Å²) in [4.78, 5) is -0.255. The molecule has 1 fully saturated rings. The number of rotatable bonds is 4. The molecule has 0 aromatic heterocycles. The van der Waals surface area contributed by atoms with Crippen LogP contribution in [0.1, 0.15) is 25.3 Å². The van der Waals surface area contributed by atoms with Gasteiger partial charge in [-0.3, -0.25) is 4.72 Å². The van der Waals surface area contributed by atoms with Crippen LogP contribution in [-0.2, 0) is 15.4 Å². The molecule has 0 heterocycles. The molecule has 0 radical (unpaired) electrons. The van der Waals surface area contributed by atoms with E-state index in [1.165, 1.54) is 18.2 Å². The Morgan fingerprint density at radius 1 is 1.09 bits per heavy atom. The summed E-state index contributed by atoms with van der Waals surface area (Å²) in [5, 5.41) is 19.8. The zero-order valence-electron chi connectivity index (χ0n) is 12.4. The van der Waals surface area contributed by atoms with E-state index in [1.54, 1.807) is 18.2 Å². The van der Waals surface area contributed by atoms with Gasteiger partial charge in [0.2, 0.25) is 0 Å². The molecule has 3 N–H and O–H groups in total. The second-order valence-corrected chi connectivity index (χ2v) is 8.58. The predicted octanol–water partition coefficient (Wildman–Crippen LogP) is 3.71. The second kappa shape index (κ2) is 5.42. The third-order valence-corrected chi connectivity index (χ3v) is 6.04. The Balaban J connectivity index is 1.99. The van der Waals surface area contributed by atoms with Crippen LogP contribution in [0.3, 0.4) is 0 Å². The molecule has 0 spiro atoms. The van der Waals surface area contributed by atoms with Gasteiger partial charge in [0.05, 0.1) is 5.69 Å². The topological polar surface area (TPSA) is 86.6 Å². The molecule has 0 unspecified atom stereocenters. The maximum Gasteiger partial charge on any atom is 0.265 e. The number of sulfonamides is 1. The normalized spacial score (nSPS) is 16.1. The lowest BCUT2D eigenvalue weighted by Crippen LogP contribution is -2.14. The van der Waals surface area contributed by atoms with Crippen molar-refractivity contribution in [2.45, 2.75) is 30.1 Å². The van der Waals surface area contributed by atoms with Crippen molar-refractivity contribution in [3.63, 3.8) is 0 Å². The highest BCUT2D eigenvalue weighted by Gasteiger charge is 2.39. The Labute approximate surface area is 143 Å². The van der Waals surface area contributed by atoms with Crippen molar-refractivity contribution in [1.29, 1.82) is 0 Å². The molecule has 1 saturated carbocycles. The van der Waals surface area contributed by atoms with Gasteiger partial charge < -0.3 is 10.2 Å². The lowest BCUT2D eigenvalue weighted by molar-refractivity contribution is 0.458. The Bertz CT molecular complexity index is 876. The van der Waals surface area contributed by atoms with Crippen LogP contribution >= 0.6 is 15.9 Å². The third kappa shape index (κ3) is 3.16. The van der Waals surface area contributed by atoms with E-state index in [0.717, 1.165) is 18.4 Å². The van der Waals surface area contributed by atoms with Crippen LogP contribution in [0.5, 0.6) is 11.5 Å². The van der Waals surface area contributed by atoms with Crippen LogP contribution in [-0.4, -0.2) is 18.6 Å². The summed E-state index contributed by atoms with van der Waals surface area (Å²) in [6, 6.07) is 9.07. The number of aromatic hydroxyl groups is 2. The molecule has 0 aliphatic heterocycles. The first-order valence-electron chi connectivity index (χ1n) is 7.06. The number of hydrogen-bond acceptors (Lipinski definition) is 4. The van der Waals surface area contributed by atoms with Crippen molar-refractivity contribution < 1.29 is 18.6 Å². The van der Waals surface area contributed by atoms with Gasteiger partial charge in [-0.25, -0.2) is 8.42 Å². The van der Waals surface area contributed by atoms with E-state index in [4.69, 9.17) is 0 Å². The van der Waals surface area contributed by atoms with E-state index in [0.29, 0.717) is 4.47 Å². The first-order valence-corrected chi connectivity index (χ1v) is 9.34. The summed E-state index contributed by atoms with van der Waals surface area (Å²) in [6.45, 7) is 2.10. The summed E-state index contributed by atoms with van der Waals surface area (Å²) in [7, 11) is -4.02. The van der Waals surface area contributed by atoms with Gasteiger partial charge in [0.15, 0.2) is 0 Å². The minimum Gasteiger partial charge on any atom is -0.507 e. The molecule has 2 aromatic carbocycles. The minimum atomic E-state index is -4.02. The van der Waals surface area contributed by atoms with Crippen molar-refractivity contribution in [2.24, 2.45) is 0 Å². The molecule has 122 valence electrons. The molecule has 0 atom stereocenters. The van der Waals surface area contributed by atoms with E-state index < -0.39 is 10.0 Å². The maximum absolute atomic E-state index is 12.5. The Morgan fingerprint density at radius 3 is 2.39 bits per heavy atom. The highest BCUT2D eigenvalue weighted by molar-refractivity contribution is 9.10.